The Hall–Kier alpha value is -0.0300. The van der Waals surface area contributed by atoms with E-state index in [0.717, 1.165) is 64.4 Å². The first-order valence-electron chi connectivity index (χ1n) is 8.03. The highest BCUT2D eigenvalue weighted by molar-refractivity contribution is 5.85. The van der Waals surface area contributed by atoms with Crippen LogP contribution >= 0.6 is 24.8 Å². The van der Waals surface area contributed by atoms with E-state index in [1.807, 2.05) is 0 Å². The maximum absolute atomic E-state index is 12.1. The summed E-state index contributed by atoms with van der Waals surface area (Å²) in [5.41, 5.74) is 5.46. The van der Waals surface area contributed by atoms with E-state index in [1.165, 1.54) is 25.7 Å². The van der Waals surface area contributed by atoms with Gasteiger partial charge in [0.05, 0.1) is 0 Å². The number of carbonyl (C=O) groups excluding carboxylic acids is 1. The summed E-state index contributed by atoms with van der Waals surface area (Å²) in [4.78, 5) is 16.7. The average molecular weight is 340 g/mol. The molecule has 6 heteroatoms. The highest BCUT2D eigenvalue weighted by atomic mass is 35.5. The van der Waals surface area contributed by atoms with Crippen LogP contribution in [0.1, 0.15) is 51.4 Å². The van der Waals surface area contributed by atoms with Crippen molar-refractivity contribution in [1.82, 2.24) is 9.80 Å². The number of carbonyl (C=O) groups is 1. The number of hydrogen-bond acceptors (Lipinski definition) is 3. The minimum absolute atomic E-state index is 0. The molecule has 0 spiro atoms. The van der Waals surface area contributed by atoms with Crippen LogP contribution in [0.3, 0.4) is 0 Å². The van der Waals surface area contributed by atoms with Crippen LogP contribution in [0.25, 0.3) is 0 Å². The second-order valence-corrected chi connectivity index (χ2v) is 5.95. The summed E-state index contributed by atoms with van der Waals surface area (Å²) in [5.74, 6) is 0.362. The van der Waals surface area contributed by atoms with E-state index in [-0.39, 0.29) is 24.8 Å². The molecule has 0 aromatic heterocycles. The van der Waals surface area contributed by atoms with Gasteiger partial charge >= 0.3 is 0 Å². The molecule has 4 nitrogen and oxygen atoms in total. The van der Waals surface area contributed by atoms with Crippen molar-refractivity contribution in [2.24, 2.45) is 5.73 Å². The van der Waals surface area contributed by atoms with Crippen molar-refractivity contribution in [3.05, 3.63) is 0 Å². The number of halogens is 2. The first-order valence-corrected chi connectivity index (χ1v) is 8.03. The molecule has 0 aromatic carbocycles. The number of unbranched alkanes of at least 4 members (excludes halogenated alkanes) is 3. The third kappa shape index (κ3) is 6.72. The summed E-state index contributed by atoms with van der Waals surface area (Å²) in [6.45, 7) is 4.83. The summed E-state index contributed by atoms with van der Waals surface area (Å²) in [7, 11) is 0. The highest BCUT2D eigenvalue weighted by Crippen LogP contribution is 2.25. The Morgan fingerprint density at radius 1 is 0.952 bits per heavy atom. The van der Waals surface area contributed by atoms with Gasteiger partial charge in [0, 0.05) is 38.6 Å². The zero-order valence-corrected chi connectivity index (χ0v) is 14.6. The number of nitrogens with two attached hydrogens (primary N) is 1. The van der Waals surface area contributed by atoms with Gasteiger partial charge in [0.2, 0.25) is 5.91 Å². The van der Waals surface area contributed by atoms with Crippen molar-refractivity contribution in [3.8, 4) is 0 Å². The van der Waals surface area contributed by atoms with E-state index in [4.69, 9.17) is 5.73 Å². The molecule has 0 bridgehead atoms. The molecule has 2 aliphatic rings. The van der Waals surface area contributed by atoms with Gasteiger partial charge < -0.3 is 10.6 Å². The zero-order chi connectivity index (χ0) is 13.5. The Balaban J connectivity index is 0.00000200. The second kappa shape index (κ2) is 11.5. The summed E-state index contributed by atoms with van der Waals surface area (Å²) in [6, 6.07) is 0.827. The third-order valence-electron chi connectivity index (χ3n) is 4.60. The third-order valence-corrected chi connectivity index (χ3v) is 4.60. The second-order valence-electron chi connectivity index (χ2n) is 5.95. The molecule has 1 heterocycles. The van der Waals surface area contributed by atoms with E-state index in [1.54, 1.807) is 0 Å². The maximum Gasteiger partial charge on any atom is 0.222 e. The van der Waals surface area contributed by atoms with Gasteiger partial charge in [0.1, 0.15) is 0 Å². The summed E-state index contributed by atoms with van der Waals surface area (Å²) < 4.78 is 0. The van der Waals surface area contributed by atoms with Gasteiger partial charge in [-0.1, -0.05) is 19.3 Å². The first-order chi connectivity index (χ1) is 9.31. The molecule has 1 saturated carbocycles. The molecule has 2 fully saturated rings. The lowest BCUT2D eigenvalue weighted by Crippen LogP contribution is -2.53. The standard InChI is InChI=1S/C15H29N3O.2ClH/c16-9-4-2-1-3-8-15(19)18-12-10-17(11-13-18)14-6-5-7-14;;/h14H,1-13,16H2;2*1H. The van der Waals surface area contributed by atoms with Crippen molar-refractivity contribution in [2.45, 2.75) is 57.4 Å². The minimum Gasteiger partial charge on any atom is -0.340 e. The van der Waals surface area contributed by atoms with Gasteiger partial charge in [0.25, 0.3) is 0 Å². The fourth-order valence-corrected chi connectivity index (χ4v) is 3.02. The van der Waals surface area contributed by atoms with Crippen molar-refractivity contribution < 1.29 is 4.79 Å². The molecule has 1 saturated heterocycles. The quantitative estimate of drug-likeness (QED) is 0.724. The SMILES string of the molecule is Cl.Cl.NCCCCCCC(=O)N1CCN(C2CCC2)CC1. The Labute approximate surface area is 141 Å². The Kier molecular flexibility index (Phi) is 11.5. The van der Waals surface area contributed by atoms with Crippen LogP contribution in [0, 0.1) is 0 Å². The molecule has 1 aliphatic carbocycles. The predicted molar refractivity (Wildman–Crippen MR) is 92.4 cm³/mol. The van der Waals surface area contributed by atoms with Crippen molar-refractivity contribution in [2.75, 3.05) is 32.7 Å². The molecule has 0 unspecified atom stereocenters. The molecule has 21 heavy (non-hydrogen) atoms. The molecular formula is C15H31Cl2N3O. The van der Waals surface area contributed by atoms with Crippen molar-refractivity contribution in [3.63, 3.8) is 0 Å². The molecular weight excluding hydrogens is 309 g/mol. The number of rotatable bonds is 7. The molecule has 0 radical (unpaired) electrons. The van der Waals surface area contributed by atoms with Crippen LogP contribution in [0.15, 0.2) is 0 Å². The fourth-order valence-electron chi connectivity index (χ4n) is 3.02. The molecule has 126 valence electrons. The molecule has 0 atom stereocenters. The van der Waals surface area contributed by atoms with E-state index < -0.39 is 0 Å². The van der Waals surface area contributed by atoms with Gasteiger partial charge in [-0.05, 0) is 32.2 Å². The number of piperazine rings is 1. The van der Waals surface area contributed by atoms with Crippen LogP contribution in [0.2, 0.25) is 0 Å². The van der Waals surface area contributed by atoms with Gasteiger partial charge in [-0.25, -0.2) is 0 Å². The average Bonchev–Trinajstić information content (AvgIpc) is 2.37. The minimum atomic E-state index is 0. The van der Waals surface area contributed by atoms with Gasteiger partial charge in [-0.15, -0.1) is 24.8 Å². The lowest BCUT2D eigenvalue weighted by atomic mass is 9.91. The van der Waals surface area contributed by atoms with Gasteiger partial charge in [-0.2, -0.15) is 0 Å². The smallest absolute Gasteiger partial charge is 0.222 e. The van der Waals surface area contributed by atoms with E-state index in [9.17, 15) is 4.79 Å². The van der Waals surface area contributed by atoms with Crippen LogP contribution in [0.5, 0.6) is 0 Å². The monoisotopic (exact) mass is 339 g/mol. The van der Waals surface area contributed by atoms with Crippen LogP contribution in [-0.2, 0) is 4.79 Å². The Morgan fingerprint density at radius 3 is 2.10 bits per heavy atom. The normalized spacial score (nSPS) is 19.4. The lowest BCUT2D eigenvalue weighted by Gasteiger charge is -2.43. The van der Waals surface area contributed by atoms with Gasteiger partial charge in [-0.3, -0.25) is 9.69 Å². The Bertz CT molecular complexity index is 280. The van der Waals surface area contributed by atoms with E-state index in [0.29, 0.717) is 5.91 Å². The summed E-state index contributed by atoms with van der Waals surface area (Å²) >= 11 is 0. The number of hydrogen-bond donors (Lipinski definition) is 1. The molecule has 0 aromatic rings. The first kappa shape index (κ1) is 21.0. The van der Waals surface area contributed by atoms with Gasteiger partial charge in [0.15, 0.2) is 0 Å². The predicted octanol–water partition coefficient (Wildman–Crippen LogP) is 2.44. The van der Waals surface area contributed by atoms with Crippen LogP contribution < -0.4 is 5.73 Å². The fraction of sp³-hybridized carbons (Fsp3) is 0.933. The molecule has 1 aliphatic heterocycles. The van der Waals surface area contributed by atoms with E-state index >= 15 is 0 Å². The molecule has 1 amide bonds. The number of amides is 1. The highest BCUT2D eigenvalue weighted by Gasteiger charge is 2.28. The molecule has 2 N–H and O–H groups in total. The van der Waals surface area contributed by atoms with Crippen LogP contribution in [0.4, 0.5) is 0 Å². The zero-order valence-electron chi connectivity index (χ0n) is 13.0. The summed E-state index contributed by atoms with van der Waals surface area (Å²) in [6.07, 6.45) is 9.30. The van der Waals surface area contributed by atoms with Crippen molar-refractivity contribution in [1.29, 1.82) is 0 Å². The maximum atomic E-state index is 12.1. The van der Waals surface area contributed by atoms with E-state index in [2.05, 4.69) is 9.80 Å². The van der Waals surface area contributed by atoms with Crippen molar-refractivity contribution >= 4 is 30.7 Å². The molecule has 2 rings (SSSR count). The topological polar surface area (TPSA) is 49.6 Å². The summed E-state index contributed by atoms with van der Waals surface area (Å²) in [5, 5.41) is 0. The Morgan fingerprint density at radius 2 is 1.57 bits per heavy atom. The largest absolute Gasteiger partial charge is 0.340 e. The number of nitrogens with zero attached hydrogens (tertiary/aromatic N) is 2. The lowest BCUT2D eigenvalue weighted by molar-refractivity contribution is -0.133. The van der Waals surface area contributed by atoms with Crippen LogP contribution in [-0.4, -0.2) is 54.5 Å².